The van der Waals surface area contributed by atoms with Crippen LogP contribution < -0.4 is 5.32 Å². The molecule has 1 unspecified atom stereocenters. The van der Waals surface area contributed by atoms with Crippen molar-refractivity contribution in [2.75, 3.05) is 5.75 Å². The first-order chi connectivity index (χ1) is 14.6. The second kappa shape index (κ2) is 9.28. The average Bonchev–Trinajstić information content (AvgIpc) is 3.44. The summed E-state index contributed by atoms with van der Waals surface area (Å²) >= 11 is 3.02. The van der Waals surface area contributed by atoms with Crippen molar-refractivity contribution in [3.8, 4) is 5.69 Å². The number of nitrogens with one attached hydrogen (secondary N) is 1. The van der Waals surface area contributed by atoms with E-state index in [1.807, 2.05) is 47.2 Å². The molecule has 1 amide bonds. The van der Waals surface area contributed by atoms with Gasteiger partial charge in [0.25, 0.3) is 0 Å². The number of thioether (sulfide) groups is 1. The maximum atomic E-state index is 12.8. The van der Waals surface area contributed by atoms with E-state index in [9.17, 15) is 4.79 Å². The van der Waals surface area contributed by atoms with Gasteiger partial charge in [0.1, 0.15) is 6.33 Å². The predicted octanol–water partition coefficient (Wildman–Crippen LogP) is 4.94. The third-order valence-electron chi connectivity index (χ3n) is 4.77. The Balaban J connectivity index is 1.47. The minimum absolute atomic E-state index is 0.0432. The molecule has 2 heterocycles. The Morgan fingerprint density at radius 1 is 1.10 bits per heavy atom. The zero-order valence-corrected chi connectivity index (χ0v) is 18.4. The summed E-state index contributed by atoms with van der Waals surface area (Å²) in [6, 6.07) is 20.2. The second-order valence-electron chi connectivity index (χ2n) is 6.99. The second-order valence-corrected chi connectivity index (χ2v) is 8.91. The molecule has 0 aliphatic carbocycles. The van der Waals surface area contributed by atoms with E-state index >= 15 is 0 Å². The Morgan fingerprint density at radius 2 is 1.90 bits per heavy atom. The van der Waals surface area contributed by atoms with Crippen LogP contribution >= 0.6 is 23.1 Å². The molecule has 2 aromatic carbocycles. The maximum Gasteiger partial charge on any atom is 0.231 e. The number of benzene rings is 2. The Bertz CT molecular complexity index is 1120. The van der Waals surface area contributed by atoms with Crippen molar-refractivity contribution in [2.45, 2.75) is 25.0 Å². The van der Waals surface area contributed by atoms with Gasteiger partial charge in [0.2, 0.25) is 5.91 Å². The maximum absolute atomic E-state index is 12.8. The van der Waals surface area contributed by atoms with Gasteiger partial charge < -0.3 is 5.32 Å². The summed E-state index contributed by atoms with van der Waals surface area (Å²) in [6.07, 6.45) is 1.68. The lowest BCUT2D eigenvalue weighted by molar-refractivity contribution is -0.119. The molecule has 0 aliphatic rings. The van der Waals surface area contributed by atoms with Gasteiger partial charge in [-0.3, -0.25) is 9.36 Å². The fraction of sp³-hybridized carbons (Fsp3) is 0.174. The number of para-hydroxylation sites is 1. The van der Waals surface area contributed by atoms with Gasteiger partial charge in [-0.25, -0.2) is 0 Å². The highest BCUT2D eigenvalue weighted by Crippen LogP contribution is 2.27. The summed E-state index contributed by atoms with van der Waals surface area (Å²) < 4.78 is 1.92. The molecular formula is C23H22N4OS2. The highest BCUT2D eigenvalue weighted by Gasteiger charge is 2.19. The van der Waals surface area contributed by atoms with Crippen LogP contribution in [-0.2, 0) is 4.79 Å². The van der Waals surface area contributed by atoms with Gasteiger partial charge in [-0.05, 0) is 42.5 Å². The van der Waals surface area contributed by atoms with Crippen LogP contribution in [0.1, 0.15) is 27.6 Å². The highest BCUT2D eigenvalue weighted by molar-refractivity contribution is 7.99. The monoisotopic (exact) mass is 434 g/mol. The van der Waals surface area contributed by atoms with Crippen LogP contribution in [0.3, 0.4) is 0 Å². The first-order valence-electron chi connectivity index (χ1n) is 9.60. The largest absolute Gasteiger partial charge is 0.344 e. The molecule has 0 aliphatic heterocycles. The molecule has 152 valence electrons. The molecule has 0 bridgehead atoms. The zero-order valence-electron chi connectivity index (χ0n) is 16.8. The summed E-state index contributed by atoms with van der Waals surface area (Å²) in [7, 11) is 0. The van der Waals surface area contributed by atoms with Crippen molar-refractivity contribution in [1.82, 2.24) is 20.1 Å². The van der Waals surface area contributed by atoms with E-state index in [1.54, 1.807) is 17.7 Å². The van der Waals surface area contributed by atoms with Gasteiger partial charge in [-0.15, -0.1) is 21.5 Å². The normalized spacial score (nSPS) is 11.9. The average molecular weight is 435 g/mol. The molecular weight excluding hydrogens is 412 g/mol. The Hall–Kier alpha value is -2.90. The lowest BCUT2D eigenvalue weighted by Crippen LogP contribution is -2.30. The lowest BCUT2D eigenvalue weighted by Gasteiger charge is -2.18. The standard InChI is InChI=1S/C23H22N4OS2/c1-16-9-11-18(12-10-16)22(20-8-5-13-29-20)25-21(28)14-30-23-26-24-15-27(23)19-7-4-3-6-17(19)2/h3-13,15,22H,14H2,1-2H3,(H,25,28). The van der Waals surface area contributed by atoms with E-state index in [4.69, 9.17) is 0 Å². The topological polar surface area (TPSA) is 59.8 Å². The number of carbonyl (C=O) groups excluding carboxylic acids is 1. The molecule has 0 saturated carbocycles. The Kier molecular flexibility index (Phi) is 6.30. The van der Waals surface area contributed by atoms with Crippen molar-refractivity contribution in [3.63, 3.8) is 0 Å². The van der Waals surface area contributed by atoms with E-state index < -0.39 is 0 Å². The zero-order chi connectivity index (χ0) is 20.9. The molecule has 1 N–H and O–H groups in total. The molecule has 5 nitrogen and oxygen atoms in total. The van der Waals surface area contributed by atoms with Crippen molar-refractivity contribution in [1.29, 1.82) is 0 Å². The molecule has 0 radical (unpaired) electrons. The lowest BCUT2D eigenvalue weighted by atomic mass is 10.0. The van der Waals surface area contributed by atoms with E-state index in [0.717, 1.165) is 21.7 Å². The first-order valence-corrected chi connectivity index (χ1v) is 11.5. The van der Waals surface area contributed by atoms with E-state index in [-0.39, 0.29) is 17.7 Å². The SMILES string of the molecule is Cc1ccc(C(NC(=O)CSc2nncn2-c2ccccc2C)c2cccs2)cc1. The van der Waals surface area contributed by atoms with Gasteiger partial charge in [-0.1, -0.05) is 65.9 Å². The highest BCUT2D eigenvalue weighted by atomic mass is 32.2. The fourth-order valence-electron chi connectivity index (χ4n) is 3.19. The molecule has 4 aromatic rings. The van der Waals surface area contributed by atoms with Crippen molar-refractivity contribution < 1.29 is 4.79 Å². The number of aromatic nitrogens is 3. The van der Waals surface area contributed by atoms with Crippen LogP contribution in [0.25, 0.3) is 5.69 Å². The molecule has 2 aromatic heterocycles. The third-order valence-corrected chi connectivity index (χ3v) is 6.65. The van der Waals surface area contributed by atoms with Gasteiger partial charge in [0.15, 0.2) is 5.16 Å². The number of thiophene rings is 1. The van der Waals surface area contributed by atoms with Gasteiger partial charge in [0.05, 0.1) is 17.5 Å². The Morgan fingerprint density at radius 3 is 2.63 bits per heavy atom. The smallest absolute Gasteiger partial charge is 0.231 e. The van der Waals surface area contributed by atoms with Crippen LogP contribution in [0.2, 0.25) is 0 Å². The van der Waals surface area contributed by atoms with Crippen LogP contribution in [0, 0.1) is 13.8 Å². The van der Waals surface area contributed by atoms with E-state index in [1.165, 1.54) is 17.3 Å². The van der Waals surface area contributed by atoms with Gasteiger partial charge in [-0.2, -0.15) is 0 Å². The fourth-order valence-corrected chi connectivity index (χ4v) is 4.72. The van der Waals surface area contributed by atoms with Gasteiger partial charge in [0, 0.05) is 4.88 Å². The number of carbonyl (C=O) groups is 1. The number of hydrogen-bond donors (Lipinski definition) is 1. The number of aryl methyl sites for hydroxylation is 2. The molecule has 4 rings (SSSR count). The number of rotatable bonds is 7. The van der Waals surface area contributed by atoms with Crippen LogP contribution in [-0.4, -0.2) is 26.4 Å². The molecule has 0 fully saturated rings. The molecule has 30 heavy (non-hydrogen) atoms. The summed E-state index contributed by atoms with van der Waals surface area (Å²) in [5.74, 6) is 0.219. The summed E-state index contributed by atoms with van der Waals surface area (Å²) in [6.45, 7) is 4.10. The van der Waals surface area contributed by atoms with Crippen molar-refractivity contribution in [3.05, 3.63) is 93.9 Å². The van der Waals surface area contributed by atoms with Crippen LogP contribution in [0.15, 0.2) is 77.5 Å². The third kappa shape index (κ3) is 4.63. The van der Waals surface area contributed by atoms with Gasteiger partial charge >= 0.3 is 0 Å². The minimum Gasteiger partial charge on any atom is -0.344 e. The van der Waals surface area contributed by atoms with Crippen molar-refractivity contribution in [2.24, 2.45) is 0 Å². The van der Waals surface area contributed by atoms with E-state index in [0.29, 0.717) is 5.16 Å². The van der Waals surface area contributed by atoms with Crippen LogP contribution in [0.5, 0.6) is 0 Å². The molecule has 0 saturated heterocycles. The molecule has 7 heteroatoms. The molecule has 0 spiro atoms. The number of amides is 1. The first kappa shape index (κ1) is 20.4. The number of hydrogen-bond acceptors (Lipinski definition) is 5. The quantitative estimate of drug-likeness (QED) is 0.419. The predicted molar refractivity (Wildman–Crippen MR) is 122 cm³/mol. The summed E-state index contributed by atoms with van der Waals surface area (Å²) in [5.41, 5.74) is 4.41. The van der Waals surface area contributed by atoms with Crippen molar-refractivity contribution >= 4 is 29.0 Å². The summed E-state index contributed by atoms with van der Waals surface area (Å²) in [4.78, 5) is 13.9. The number of nitrogens with zero attached hydrogens (tertiary/aromatic N) is 3. The molecule has 1 atom stereocenters. The van der Waals surface area contributed by atoms with E-state index in [2.05, 4.69) is 52.8 Å². The minimum atomic E-state index is -0.159. The summed E-state index contributed by atoms with van der Waals surface area (Å²) in [5, 5.41) is 14.1. The van der Waals surface area contributed by atoms with Crippen LogP contribution in [0.4, 0.5) is 0 Å². The Labute approximate surface area is 184 Å².